The lowest BCUT2D eigenvalue weighted by molar-refractivity contribution is 0.0689. The molecule has 0 radical (unpaired) electrons. The number of halogens is 1. The first-order chi connectivity index (χ1) is 8.58. The molecule has 18 heavy (non-hydrogen) atoms. The lowest BCUT2D eigenvalue weighted by Gasteiger charge is -2.05. The maximum atomic E-state index is 13.4. The van der Waals surface area contributed by atoms with Crippen molar-refractivity contribution in [1.29, 1.82) is 0 Å². The van der Waals surface area contributed by atoms with E-state index >= 15 is 0 Å². The van der Waals surface area contributed by atoms with Crippen molar-refractivity contribution in [2.45, 2.75) is 19.9 Å². The number of aromatic carboxylic acids is 1. The predicted octanol–water partition coefficient (Wildman–Crippen LogP) is 2.27. The van der Waals surface area contributed by atoms with Crippen molar-refractivity contribution in [3.63, 3.8) is 0 Å². The topological polar surface area (TPSA) is 55.1 Å². The minimum absolute atomic E-state index is 0.0148. The first-order valence-corrected chi connectivity index (χ1v) is 5.59. The van der Waals surface area contributed by atoms with Gasteiger partial charge in [0.05, 0.1) is 0 Å². The molecule has 1 aromatic carbocycles. The molecule has 0 unspecified atom stereocenters. The van der Waals surface area contributed by atoms with E-state index in [4.69, 9.17) is 5.11 Å². The van der Waals surface area contributed by atoms with Crippen molar-refractivity contribution in [3.8, 4) is 0 Å². The van der Waals surface area contributed by atoms with Gasteiger partial charge in [-0.25, -0.2) is 9.18 Å². The second-order valence-corrected chi connectivity index (χ2v) is 4.04. The van der Waals surface area contributed by atoms with Gasteiger partial charge in [0.25, 0.3) is 0 Å². The number of benzene rings is 1. The molecule has 0 atom stereocenters. The average Bonchev–Trinajstić information content (AvgIpc) is 2.70. The van der Waals surface area contributed by atoms with Crippen molar-refractivity contribution >= 4 is 5.97 Å². The quantitative estimate of drug-likeness (QED) is 0.903. The summed E-state index contributed by atoms with van der Waals surface area (Å²) in [4.78, 5) is 10.8. The Morgan fingerprint density at radius 1 is 1.44 bits per heavy atom. The average molecular weight is 248 g/mol. The molecule has 0 bridgehead atoms. The Kier molecular flexibility index (Phi) is 3.41. The minimum Gasteiger partial charge on any atom is -0.476 e. The summed E-state index contributed by atoms with van der Waals surface area (Å²) in [5, 5.41) is 12.8. The van der Waals surface area contributed by atoms with Crippen LogP contribution in [0, 0.1) is 12.7 Å². The number of aromatic nitrogens is 2. The highest BCUT2D eigenvalue weighted by molar-refractivity contribution is 5.85. The Morgan fingerprint density at radius 2 is 2.17 bits per heavy atom. The Hall–Kier alpha value is -2.17. The van der Waals surface area contributed by atoms with Crippen LogP contribution >= 0.6 is 0 Å². The van der Waals surface area contributed by atoms with Crippen LogP contribution in [0.4, 0.5) is 4.39 Å². The van der Waals surface area contributed by atoms with Gasteiger partial charge in [0.15, 0.2) is 5.69 Å². The number of carboxylic acid groups (broad SMARTS) is 1. The smallest absolute Gasteiger partial charge is 0.356 e. The van der Waals surface area contributed by atoms with Crippen molar-refractivity contribution < 1.29 is 14.3 Å². The van der Waals surface area contributed by atoms with E-state index in [0.29, 0.717) is 18.5 Å². The number of rotatable bonds is 4. The minimum atomic E-state index is -1.05. The molecule has 0 aliphatic heterocycles. The highest BCUT2D eigenvalue weighted by Gasteiger charge is 2.10. The molecule has 94 valence electrons. The van der Waals surface area contributed by atoms with Crippen molar-refractivity contribution in [3.05, 3.63) is 53.1 Å². The zero-order chi connectivity index (χ0) is 13.1. The number of carboxylic acids is 1. The van der Waals surface area contributed by atoms with Crippen LogP contribution in [-0.4, -0.2) is 20.9 Å². The molecular formula is C13H13FN2O2. The largest absolute Gasteiger partial charge is 0.476 e. The van der Waals surface area contributed by atoms with E-state index < -0.39 is 5.97 Å². The number of carbonyl (C=O) groups is 1. The standard InChI is InChI=1S/C13H13FN2O2/c1-9-8-12(13(17)18)15-16(9)7-6-10-4-2-3-5-11(10)14/h2-5,8H,6-7H2,1H3,(H,17,18). The highest BCUT2D eigenvalue weighted by atomic mass is 19.1. The molecule has 2 rings (SSSR count). The van der Waals surface area contributed by atoms with Gasteiger partial charge in [-0.3, -0.25) is 4.68 Å². The fourth-order valence-electron chi connectivity index (χ4n) is 1.77. The molecule has 2 aromatic rings. The number of aryl methyl sites for hydroxylation is 3. The van der Waals surface area contributed by atoms with Crippen molar-refractivity contribution in [1.82, 2.24) is 9.78 Å². The van der Waals surface area contributed by atoms with Gasteiger partial charge in [-0.15, -0.1) is 0 Å². The summed E-state index contributed by atoms with van der Waals surface area (Å²) in [5.74, 6) is -1.30. The molecule has 1 heterocycles. The molecule has 0 saturated heterocycles. The van der Waals surface area contributed by atoms with E-state index in [9.17, 15) is 9.18 Å². The van der Waals surface area contributed by atoms with Crippen LogP contribution in [-0.2, 0) is 13.0 Å². The summed E-state index contributed by atoms with van der Waals surface area (Å²) in [7, 11) is 0. The fourth-order valence-corrected chi connectivity index (χ4v) is 1.77. The van der Waals surface area contributed by atoms with Crippen molar-refractivity contribution in [2.75, 3.05) is 0 Å². The van der Waals surface area contributed by atoms with Crippen LogP contribution < -0.4 is 0 Å². The molecule has 0 saturated carbocycles. The van der Waals surface area contributed by atoms with Gasteiger partial charge in [0.1, 0.15) is 5.82 Å². The lowest BCUT2D eigenvalue weighted by atomic mass is 10.1. The van der Waals surface area contributed by atoms with Crippen LogP contribution in [0.15, 0.2) is 30.3 Å². The SMILES string of the molecule is Cc1cc(C(=O)O)nn1CCc1ccccc1F. The van der Waals surface area contributed by atoms with E-state index in [1.54, 1.807) is 29.8 Å². The fraction of sp³-hybridized carbons (Fsp3) is 0.231. The Bertz CT molecular complexity index is 578. The van der Waals surface area contributed by atoms with Gasteiger partial charge in [-0.2, -0.15) is 5.10 Å². The van der Waals surface area contributed by atoms with Gasteiger partial charge in [0, 0.05) is 12.2 Å². The van der Waals surface area contributed by atoms with Crippen LogP contribution in [0.25, 0.3) is 0 Å². The predicted molar refractivity (Wildman–Crippen MR) is 64.0 cm³/mol. The normalized spacial score (nSPS) is 10.6. The third-order valence-electron chi connectivity index (χ3n) is 2.75. The van der Waals surface area contributed by atoms with E-state index in [1.165, 1.54) is 12.1 Å². The molecule has 0 aliphatic carbocycles. The second-order valence-electron chi connectivity index (χ2n) is 4.04. The van der Waals surface area contributed by atoms with Gasteiger partial charge < -0.3 is 5.11 Å². The summed E-state index contributed by atoms with van der Waals surface area (Å²) in [6, 6.07) is 8.04. The van der Waals surface area contributed by atoms with Gasteiger partial charge in [-0.05, 0) is 31.0 Å². The van der Waals surface area contributed by atoms with Crippen LogP contribution in [0.3, 0.4) is 0 Å². The van der Waals surface area contributed by atoms with Gasteiger partial charge in [0.2, 0.25) is 0 Å². The monoisotopic (exact) mass is 248 g/mol. The third-order valence-corrected chi connectivity index (χ3v) is 2.75. The lowest BCUT2D eigenvalue weighted by Crippen LogP contribution is -2.07. The molecule has 1 aromatic heterocycles. The summed E-state index contributed by atoms with van der Waals surface area (Å²) in [5.41, 5.74) is 1.37. The molecule has 1 N–H and O–H groups in total. The van der Waals surface area contributed by atoms with Gasteiger partial charge in [-0.1, -0.05) is 18.2 Å². The molecule has 0 amide bonds. The van der Waals surface area contributed by atoms with E-state index in [1.807, 2.05) is 0 Å². The Morgan fingerprint density at radius 3 is 2.78 bits per heavy atom. The molecular weight excluding hydrogens is 235 g/mol. The summed E-state index contributed by atoms with van der Waals surface area (Å²) in [6.07, 6.45) is 0.480. The summed E-state index contributed by atoms with van der Waals surface area (Å²) < 4.78 is 15.0. The molecule has 0 aliphatic rings. The molecule has 4 nitrogen and oxygen atoms in total. The maximum absolute atomic E-state index is 13.4. The Labute approximate surface area is 104 Å². The van der Waals surface area contributed by atoms with E-state index in [-0.39, 0.29) is 11.5 Å². The second kappa shape index (κ2) is 5.00. The maximum Gasteiger partial charge on any atom is 0.356 e. The highest BCUT2D eigenvalue weighted by Crippen LogP contribution is 2.10. The van der Waals surface area contributed by atoms with Crippen LogP contribution in [0.5, 0.6) is 0 Å². The first kappa shape index (κ1) is 12.3. The van der Waals surface area contributed by atoms with E-state index in [0.717, 1.165) is 5.69 Å². The van der Waals surface area contributed by atoms with Crippen LogP contribution in [0.1, 0.15) is 21.7 Å². The van der Waals surface area contributed by atoms with Crippen molar-refractivity contribution in [2.24, 2.45) is 0 Å². The van der Waals surface area contributed by atoms with Crippen LogP contribution in [0.2, 0.25) is 0 Å². The Balaban J connectivity index is 2.11. The van der Waals surface area contributed by atoms with E-state index in [2.05, 4.69) is 5.10 Å². The zero-order valence-corrected chi connectivity index (χ0v) is 9.93. The number of nitrogens with zero attached hydrogens (tertiary/aromatic N) is 2. The number of hydrogen-bond donors (Lipinski definition) is 1. The molecule has 0 fully saturated rings. The number of hydrogen-bond acceptors (Lipinski definition) is 2. The van der Waals surface area contributed by atoms with Gasteiger partial charge >= 0.3 is 5.97 Å². The summed E-state index contributed by atoms with van der Waals surface area (Å²) in [6.45, 7) is 2.24. The first-order valence-electron chi connectivity index (χ1n) is 5.59. The molecule has 0 spiro atoms. The third kappa shape index (κ3) is 2.56. The summed E-state index contributed by atoms with van der Waals surface area (Å²) >= 11 is 0. The zero-order valence-electron chi connectivity index (χ0n) is 9.93. The molecule has 5 heteroatoms.